The number of hydrogen-bond donors (Lipinski definition) is 2. The average Bonchev–Trinajstić information content (AvgIpc) is 2.41. The third kappa shape index (κ3) is 3.20. The highest BCUT2D eigenvalue weighted by Gasteiger charge is 2.18. The zero-order valence-corrected chi connectivity index (χ0v) is 11.9. The zero-order chi connectivity index (χ0) is 14.7. The normalized spacial score (nSPS) is 12.4. The monoisotopic (exact) mass is 344 g/mol. The Hall–Kier alpha value is -1.37. The molecule has 3 N–H and O–H groups in total. The SMILES string of the molecule is NNC(Cc1cccc(F)c1F)c1ccc(Br)cc1F. The summed E-state index contributed by atoms with van der Waals surface area (Å²) in [4.78, 5) is 0. The summed E-state index contributed by atoms with van der Waals surface area (Å²) < 4.78 is 41.3. The van der Waals surface area contributed by atoms with Gasteiger partial charge in [-0.1, -0.05) is 34.1 Å². The summed E-state index contributed by atoms with van der Waals surface area (Å²) in [5, 5.41) is 0. The molecule has 106 valence electrons. The van der Waals surface area contributed by atoms with E-state index in [2.05, 4.69) is 21.4 Å². The van der Waals surface area contributed by atoms with Gasteiger partial charge in [0.15, 0.2) is 11.6 Å². The molecule has 0 spiro atoms. The highest BCUT2D eigenvalue weighted by atomic mass is 79.9. The van der Waals surface area contributed by atoms with Gasteiger partial charge in [-0.05, 0) is 30.2 Å². The van der Waals surface area contributed by atoms with E-state index in [4.69, 9.17) is 5.84 Å². The lowest BCUT2D eigenvalue weighted by Gasteiger charge is -2.17. The molecular weight excluding hydrogens is 333 g/mol. The van der Waals surface area contributed by atoms with Crippen LogP contribution in [0.15, 0.2) is 40.9 Å². The Morgan fingerprint density at radius 2 is 1.85 bits per heavy atom. The van der Waals surface area contributed by atoms with Crippen molar-refractivity contribution in [3.05, 3.63) is 69.4 Å². The van der Waals surface area contributed by atoms with Gasteiger partial charge in [-0.15, -0.1) is 0 Å². The van der Waals surface area contributed by atoms with Gasteiger partial charge >= 0.3 is 0 Å². The van der Waals surface area contributed by atoms with Crippen molar-refractivity contribution in [1.29, 1.82) is 0 Å². The van der Waals surface area contributed by atoms with Gasteiger partial charge in [-0.3, -0.25) is 11.3 Å². The number of nitrogens with one attached hydrogen (secondary N) is 1. The Bertz CT molecular complexity index is 619. The van der Waals surface area contributed by atoms with Gasteiger partial charge in [0.25, 0.3) is 0 Å². The van der Waals surface area contributed by atoms with Crippen molar-refractivity contribution in [2.75, 3.05) is 0 Å². The minimum absolute atomic E-state index is 0.0403. The van der Waals surface area contributed by atoms with E-state index >= 15 is 0 Å². The van der Waals surface area contributed by atoms with Crippen LogP contribution in [0.25, 0.3) is 0 Å². The van der Waals surface area contributed by atoms with Crippen molar-refractivity contribution in [3.8, 4) is 0 Å². The molecule has 6 heteroatoms. The van der Waals surface area contributed by atoms with Crippen molar-refractivity contribution < 1.29 is 13.2 Å². The van der Waals surface area contributed by atoms with Crippen molar-refractivity contribution in [1.82, 2.24) is 5.43 Å². The van der Waals surface area contributed by atoms with E-state index < -0.39 is 23.5 Å². The van der Waals surface area contributed by atoms with Crippen molar-refractivity contribution >= 4 is 15.9 Å². The first-order valence-corrected chi connectivity index (χ1v) is 6.66. The fraction of sp³-hybridized carbons (Fsp3) is 0.143. The van der Waals surface area contributed by atoms with E-state index in [1.54, 1.807) is 12.1 Å². The van der Waals surface area contributed by atoms with Crippen LogP contribution in [-0.2, 0) is 6.42 Å². The molecule has 0 fully saturated rings. The maximum absolute atomic E-state index is 13.9. The fourth-order valence-electron chi connectivity index (χ4n) is 1.97. The summed E-state index contributed by atoms with van der Waals surface area (Å²) in [6, 6.07) is 7.72. The predicted octanol–water partition coefficient (Wildman–Crippen LogP) is 3.61. The number of hydrogen-bond acceptors (Lipinski definition) is 2. The Balaban J connectivity index is 2.31. The number of nitrogens with two attached hydrogens (primary N) is 1. The molecule has 0 amide bonds. The minimum Gasteiger partial charge on any atom is -0.271 e. The molecule has 20 heavy (non-hydrogen) atoms. The standard InChI is InChI=1S/C14H12BrF3N2/c15-9-4-5-10(12(17)7-9)13(20-19)6-8-2-1-3-11(16)14(8)18/h1-5,7,13,20H,6,19H2. The summed E-state index contributed by atoms with van der Waals surface area (Å²) in [6.07, 6.45) is 0.0403. The van der Waals surface area contributed by atoms with Gasteiger partial charge in [-0.25, -0.2) is 13.2 Å². The topological polar surface area (TPSA) is 38.0 Å². The first-order valence-electron chi connectivity index (χ1n) is 5.87. The van der Waals surface area contributed by atoms with Crippen LogP contribution in [0.4, 0.5) is 13.2 Å². The van der Waals surface area contributed by atoms with Crippen molar-refractivity contribution in [2.45, 2.75) is 12.5 Å². The van der Waals surface area contributed by atoms with Crippen LogP contribution in [0.3, 0.4) is 0 Å². The molecule has 0 aliphatic rings. The molecule has 0 aliphatic heterocycles. The Morgan fingerprint density at radius 3 is 2.50 bits per heavy atom. The number of rotatable bonds is 4. The second kappa shape index (κ2) is 6.39. The van der Waals surface area contributed by atoms with Crippen LogP contribution < -0.4 is 11.3 Å². The molecule has 0 radical (unpaired) electrons. The summed E-state index contributed by atoms with van der Waals surface area (Å²) in [6.45, 7) is 0. The number of benzene rings is 2. The van der Waals surface area contributed by atoms with Crippen LogP contribution in [0.1, 0.15) is 17.2 Å². The second-order valence-electron chi connectivity index (χ2n) is 4.30. The van der Waals surface area contributed by atoms with E-state index in [1.807, 2.05) is 0 Å². The van der Waals surface area contributed by atoms with E-state index in [1.165, 1.54) is 18.2 Å². The first-order chi connectivity index (χ1) is 9.52. The molecule has 2 nitrogen and oxygen atoms in total. The first kappa shape index (κ1) is 15.0. The molecule has 0 saturated carbocycles. The molecule has 2 aromatic rings. The number of hydrazine groups is 1. The summed E-state index contributed by atoms with van der Waals surface area (Å²) in [7, 11) is 0. The lowest BCUT2D eigenvalue weighted by atomic mass is 9.98. The largest absolute Gasteiger partial charge is 0.271 e. The Kier molecular flexibility index (Phi) is 4.80. The van der Waals surface area contributed by atoms with Crippen molar-refractivity contribution in [2.24, 2.45) is 5.84 Å². The van der Waals surface area contributed by atoms with E-state index in [9.17, 15) is 13.2 Å². The van der Waals surface area contributed by atoms with Gasteiger partial charge in [0.1, 0.15) is 5.82 Å². The number of halogens is 4. The van der Waals surface area contributed by atoms with Crippen molar-refractivity contribution in [3.63, 3.8) is 0 Å². The molecule has 2 aromatic carbocycles. The fourth-order valence-corrected chi connectivity index (χ4v) is 2.30. The predicted molar refractivity (Wildman–Crippen MR) is 74.2 cm³/mol. The van der Waals surface area contributed by atoms with Gasteiger partial charge < -0.3 is 0 Å². The average molecular weight is 345 g/mol. The molecule has 0 aromatic heterocycles. The maximum atomic E-state index is 13.9. The molecular formula is C14H12BrF3N2. The van der Waals surface area contributed by atoms with Crippen LogP contribution in [0, 0.1) is 17.5 Å². The van der Waals surface area contributed by atoms with Gasteiger partial charge in [0.2, 0.25) is 0 Å². The third-order valence-electron chi connectivity index (χ3n) is 2.99. The molecule has 1 unspecified atom stereocenters. The van der Waals surface area contributed by atoms with E-state index in [0.717, 1.165) is 6.07 Å². The van der Waals surface area contributed by atoms with Gasteiger partial charge in [0, 0.05) is 10.0 Å². The second-order valence-corrected chi connectivity index (χ2v) is 5.22. The van der Waals surface area contributed by atoms with Crippen LogP contribution >= 0.6 is 15.9 Å². The lowest BCUT2D eigenvalue weighted by Crippen LogP contribution is -2.30. The summed E-state index contributed by atoms with van der Waals surface area (Å²) in [5.41, 5.74) is 2.85. The smallest absolute Gasteiger partial charge is 0.162 e. The Morgan fingerprint density at radius 1 is 1.10 bits per heavy atom. The summed E-state index contributed by atoms with van der Waals surface area (Å²) in [5.74, 6) is 3.05. The van der Waals surface area contributed by atoms with Crippen LogP contribution in [0.5, 0.6) is 0 Å². The van der Waals surface area contributed by atoms with E-state index in [-0.39, 0.29) is 12.0 Å². The molecule has 0 heterocycles. The van der Waals surface area contributed by atoms with E-state index in [0.29, 0.717) is 10.0 Å². The molecule has 2 rings (SSSR count). The van der Waals surface area contributed by atoms with Crippen LogP contribution in [-0.4, -0.2) is 0 Å². The molecule has 0 bridgehead atoms. The van der Waals surface area contributed by atoms with Gasteiger partial charge in [0.05, 0.1) is 6.04 Å². The van der Waals surface area contributed by atoms with Gasteiger partial charge in [-0.2, -0.15) is 0 Å². The molecule has 0 aliphatic carbocycles. The third-order valence-corrected chi connectivity index (χ3v) is 3.49. The quantitative estimate of drug-likeness (QED) is 0.656. The zero-order valence-electron chi connectivity index (χ0n) is 10.3. The highest BCUT2D eigenvalue weighted by molar-refractivity contribution is 9.10. The highest BCUT2D eigenvalue weighted by Crippen LogP contribution is 2.25. The van der Waals surface area contributed by atoms with Crippen LogP contribution in [0.2, 0.25) is 0 Å². The minimum atomic E-state index is -0.940. The molecule has 0 saturated heterocycles. The molecule has 1 atom stereocenters. The summed E-state index contributed by atoms with van der Waals surface area (Å²) >= 11 is 3.15. The Labute approximate surface area is 122 Å². The maximum Gasteiger partial charge on any atom is 0.162 e. The lowest BCUT2D eigenvalue weighted by molar-refractivity contribution is 0.472.